The van der Waals surface area contributed by atoms with E-state index >= 15 is 0 Å². The van der Waals surface area contributed by atoms with Crippen LogP contribution in [0.2, 0.25) is 0 Å². The summed E-state index contributed by atoms with van der Waals surface area (Å²) in [7, 11) is 3.92. The Morgan fingerprint density at radius 3 is 2.81 bits per heavy atom. The lowest BCUT2D eigenvalue weighted by atomic mass is 9.81. The first-order valence-corrected chi connectivity index (χ1v) is 6.02. The zero-order chi connectivity index (χ0) is 11.6. The fourth-order valence-electron chi connectivity index (χ4n) is 2.75. The minimum Gasteiger partial charge on any atom is -0.357 e. The molecule has 90 valence electrons. The van der Waals surface area contributed by atoms with Crippen LogP contribution in [0.3, 0.4) is 0 Å². The van der Waals surface area contributed by atoms with Gasteiger partial charge in [0.05, 0.1) is 0 Å². The maximum absolute atomic E-state index is 4.37. The Morgan fingerprint density at radius 2 is 2.31 bits per heavy atom. The van der Waals surface area contributed by atoms with Crippen LogP contribution in [-0.4, -0.2) is 34.9 Å². The molecule has 2 rings (SSSR count). The first-order chi connectivity index (χ1) is 7.73. The van der Waals surface area contributed by atoms with Crippen molar-refractivity contribution in [2.24, 2.45) is 7.05 Å². The second kappa shape index (κ2) is 4.41. The highest BCUT2D eigenvalue weighted by Gasteiger charge is 2.39. The van der Waals surface area contributed by atoms with Gasteiger partial charge in [0.2, 0.25) is 5.95 Å². The summed E-state index contributed by atoms with van der Waals surface area (Å²) in [5, 5.41) is 15.1. The fraction of sp³-hybridized carbons (Fsp3) is 0.818. The van der Waals surface area contributed by atoms with Crippen molar-refractivity contribution < 1.29 is 0 Å². The van der Waals surface area contributed by atoms with Gasteiger partial charge in [-0.25, -0.2) is 0 Å². The van der Waals surface area contributed by atoms with Crippen molar-refractivity contribution in [2.75, 3.05) is 25.5 Å². The van der Waals surface area contributed by atoms with Crippen LogP contribution in [0.25, 0.3) is 0 Å². The molecule has 1 saturated heterocycles. The molecule has 1 aromatic heterocycles. The second-order valence-electron chi connectivity index (χ2n) is 4.61. The van der Waals surface area contributed by atoms with Gasteiger partial charge in [0.1, 0.15) is 5.82 Å². The zero-order valence-electron chi connectivity index (χ0n) is 10.4. The third-order valence-electron chi connectivity index (χ3n) is 3.55. The first-order valence-electron chi connectivity index (χ1n) is 6.02. The van der Waals surface area contributed by atoms with E-state index in [-0.39, 0.29) is 5.41 Å². The van der Waals surface area contributed by atoms with E-state index in [2.05, 4.69) is 32.3 Å². The monoisotopic (exact) mass is 223 g/mol. The molecular weight excluding hydrogens is 202 g/mol. The number of hydrogen-bond acceptors (Lipinski definition) is 4. The summed E-state index contributed by atoms with van der Waals surface area (Å²) in [5.74, 6) is 1.96. The third-order valence-corrected chi connectivity index (χ3v) is 3.55. The van der Waals surface area contributed by atoms with E-state index in [0.717, 1.165) is 31.3 Å². The summed E-state index contributed by atoms with van der Waals surface area (Å²) in [6, 6.07) is 0. The molecular formula is C11H21N5. The van der Waals surface area contributed by atoms with E-state index in [9.17, 15) is 0 Å². The Bertz CT molecular complexity index is 351. The van der Waals surface area contributed by atoms with Gasteiger partial charge < -0.3 is 15.2 Å². The third kappa shape index (κ3) is 1.69. The lowest BCUT2D eigenvalue weighted by Crippen LogP contribution is -2.32. The summed E-state index contributed by atoms with van der Waals surface area (Å²) in [4.78, 5) is 0. The Morgan fingerprint density at radius 1 is 1.50 bits per heavy atom. The molecule has 0 aliphatic carbocycles. The fourth-order valence-corrected chi connectivity index (χ4v) is 2.75. The van der Waals surface area contributed by atoms with E-state index in [1.165, 1.54) is 12.8 Å². The van der Waals surface area contributed by atoms with Crippen LogP contribution in [0.1, 0.15) is 32.0 Å². The van der Waals surface area contributed by atoms with E-state index in [4.69, 9.17) is 0 Å². The number of rotatable bonds is 4. The van der Waals surface area contributed by atoms with Crippen LogP contribution in [0.15, 0.2) is 0 Å². The molecule has 1 fully saturated rings. The highest BCUT2D eigenvalue weighted by molar-refractivity contribution is 5.27. The molecule has 0 bridgehead atoms. The molecule has 0 spiro atoms. The quantitative estimate of drug-likeness (QED) is 0.796. The van der Waals surface area contributed by atoms with Gasteiger partial charge in [-0.2, -0.15) is 0 Å². The maximum Gasteiger partial charge on any atom is 0.224 e. The molecule has 1 aromatic rings. The van der Waals surface area contributed by atoms with Crippen LogP contribution in [0.4, 0.5) is 5.95 Å². The summed E-state index contributed by atoms with van der Waals surface area (Å²) >= 11 is 0. The van der Waals surface area contributed by atoms with Gasteiger partial charge >= 0.3 is 0 Å². The van der Waals surface area contributed by atoms with Gasteiger partial charge in [0.15, 0.2) is 0 Å². The number of nitrogens with zero attached hydrogens (tertiary/aromatic N) is 3. The van der Waals surface area contributed by atoms with Crippen LogP contribution in [-0.2, 0) is 12.5 Å². The normalized spacial score (nSPS) is 24.9. The predicted octanol–water partition coefficient (Wildman–Crippen LogP) is 0.888. The van der Waals surface area contributed by atoms with Gasteiger partial charge in [0, 0.05) is 26.1 Å². The van der Waals surface area contributed by atoms with Gasteiger partial charge in [-0.3, -0.25) is 0 Å². The molecule has 1 aliphatic heterocycles. The van der Waals surface area contributed by atoms with Crippen molar-refractivity contribution in [1.82, 2.24) is 20.1 Å². The summed E-state index contributed by atoms with van der Waals surface area (Å²) in [6.45, 7) is 4.34. The molecule has 5 heteroatoms. The van der Waals surface area contributed by atoms with Gasteiger partial charge in [-0.15, -0.1) is 10.2 Å². The van der Waals surface area contributed by atoms with Crippen molar-refractivity contribution in [3.05, 3.63) is 5.82 Å². The molecule has 1 unspecified atom stereocenters. The van der Waals surface area contributed by atoms with Crippen LogP contribution in [0.5, 0.6) is 0 Å². The molecule has 0 aromatic carbocycles. The minimum atomic E-state index is 0.186. The van der Waals surface area contributed by atoms with E-state index in [1.807, 2.05) is 14.1 Å². The van der Waals surface area contributed by atoms with E-state index < -0.39 is 0 Å². The minimum absolute atomic E-state index is 0.186. The number of anilines is 1. The molecule has 2 heterocycles. The average molecular weight is 223 g/mol. The highest BCUT2D eigenvalue weighted by Crippen LogP contribution is 2.34. The summed E-state index contributed by atoms with van der Waals surface area (Å²) in [6.07, 6.45) is 3.52. The van der Waals surface area contributed by atoms with Crippen LogP contribution in [0, 0.1) is 0 Å². The zero-order valence-corrected chi connectivity index (χ0v) is 10.4. The lowest BCUT2D eigenvalue weighted by Gasteiger charge is -2.26. The molecule has 0 amide bonds. The average Bonchev–Trinajstić information content (AvgIpc) is 2.86. The van der Waals surface area contributed by atoms with Gasteiger partial charge in [-0.05, 0) is 19.4 Å². The Hall–Kier alpha value is -1.10. The van der Waals surface area contributed by atoms with Gasteiger partial charge in [-0.1, -0.05) is 13.3 Å². The second-order valence-corrected chi connectivity index (χ2v) is 4.61. The van der Waals surface area contributed by atoms with Crippen molar-refractivity contribution in [2.45, 2.75) is 31.6 Å². The predicted molar refractivity (Wildman–Crippen MR) is 64.6 cm³/mol. The SMILES string of the molecule is CCCC1(c2nnc(NC)n2C)CCNC1. The first kappa shape index (κ1) is 11.4. The molecule has 1 aliphatic rings. The maximum atomic E-state index is 4.37. The Labute approximate surface area is 96.6 Å². The summed E-state index contributed by atoms with van der Waals surface area (Å²) in [5.41, 5.74) is 0.186. The molecule has 0 saturated carbocycles. The molecule has 1 atom stereocenters. The van der Waals surface area contributed by atoms with Crippen molar-refractivity contribution in [3.63, 3.8) is 0 Å². The van der Waals surface area contributed by atoms with Crippen molar-refractivity contribution >= 4 is 5.95 Å². The van der Waals surface area contributed by atoms with Crippen LogP contribution < -0.4 is 10.6 Å². The lowest BCUT2D eigenvalue weighted by molar-refractivity contribution is 0.390. The molecule has 0 radical (unpaired) electrons. The molecule has 16 heavy (non-hydrogen) atoms. The number of aromatic nitrogens is 3. The topological polar surface area (TPSA) is 54.8 Å². The van der Waals surface area contributed by atoms with Crippen molar-refractivity contribution in [3.8, 4) is 0 Å². The number of hydrogen-bond donors (Lipinski definition) is 2. The number of nitrogens with one attached hydrogen (secondary N) is 2. The smallest absolute Gasteiger partial charge is 0.224 e. The Kier molecular flexibility index (Phi) is 3.14. The Balaban J connectivity index is 2.35. The highest BCUT2D eigenvalue weighted by atomic mass is 15.3. The van der Waals surface area contributed by atoms with Crippen LogP contribution >= 0.6 is 0 Å². The largest absolute Gasteiger partial charge is 0.357 e. The van der Waals surface area contributed by atoms with Crippen molar-refractivity contribution in [1.29, 1.82) is 0 Å². The van der Waals surface area contributed by atoms with E-state index in [0.29, 0.717) is 0 Å². The van der Waals surface area contributed by atoms with E-state index in [1.54, 1.807) is 0 Å². The molecule has 2 N–H and O–H groups in total. The summed E-state index contributed by atoms with van der Waals surface area (Å²) < 4.78 is 2.09. The standard InChI is InChI=1S/C11H21N5/c1-4-5-11(6-7-13-8-11)9-14-15-10(12-2)16(9)3/h13H,4-8H2,1-3H3,(H,12,15). The molecule has 5 nitrogen and oxygen atoms in total. The van der Waals surface area contributed by atoms with Gasteiger partial charge in [0.25, 0.3) is 0 Å².